The second kappa shape index (κ2) is 12.5. The molecule has 1 aromatic rings. The van der Waals surface area contributed by atoms with Crippen molar-refractivity contribution < 1.29 is 27.5 Å². The van der Waals surface area contributed by atoms with Crippen LogP contribution in [0.5, 0.6) is 5.75 Å². The molecule has 0 radical (unpaired) electrons. The summed E-state index contributed by atoms with van der Waals surface area (Å²) in [5, 5.41) is 2.51. The third kappa shape index (κ3) is 7.53. The number of unbranched alkanes of at least 4 members (excludes halogenated alkanes) is 1. The quantitative estimate of drug-likeness (QED) is 0.182. The van der Waals surface area contributed by atoms with E-state index < -0.39 is 47.5 Å². The molecule has 0 saturated carbocycles. The number of hydrogen-bond acceptors (Lipinski definition) is 5. The van der Waals surface area contributed by atoms with Gasteiger partial charge in [0.25, 0.3) is 5.91 Å². The van der Waals surface area contributed by atoms with Crippen LogP contribution in [-0.4, -0.2) is 37.6 Å². The van der Waals surface area contributed by atoms with Crippen molar-refractivity contribution >= 4 is 18.4 Å². The topological polar surface area (TPSA) is 93.8 Å². The smallest absolute Gasteiger partial charge is 0.270 e. The maximum Gasteiger partial charge on any atom is 0.270 e. The summed E-state index contributed by atoms with van der Waals surface area (Å²) in [6, 6.07) is 0.285. The summed E-state index contributed by atoms with van der Waals surface area (Å²) in [6.45, 7) is 4.69. The third-order valence-electron chi connectivity index (χ3n) is 3.85. The van der Waals surface area contributed by atoms with Gasteiger partial charge in [0, 0.05) is 0 Å². The number of benzene rings is 1. The molecule has 0 aromatic heterocycles. The largest absolute Gasteiger partial charge is 0.480 e. The van der Waals surface area contributed by atoms with Gasteiger partial charge >= 0.3 is 0 Å². The predicted molar refractivity (Wildman–Crippen MR) is 104 cm³/mol. The van der Waals surface area contributed by atoms with Crippen LogP contribution in [0, 0.1) is 17.5 Å². The number of amides is 1. The van der Waals surface area contributed by atoms with E-state index in [0.717, 1.165) is 0 Å². The Kier molecular flexibility index (Phi) is 10.4. The van der Waals surface area contributed by atoms with Gasteiger partial charge in [0.05, 0.1) is 6.04 Å². The van der Waals surface area contributed by atoms with Crippen LogP contribution in [0.2, 0.25) is 0 Å². The maximum absolute atomic E-state index is 13.7. The third-order valence-corrected chi connectivity index (χ3v) is 3.85. The first-order chi connectivity index (χ1) is 13.8. The number of aliphatic imine (C=N–C) groups is 1. The van der Waals surface area contributed by atoms with Crippen LogP contribution < -0.4 is 15.8 Å². The first-order valence-corrected chi connectivity index (χ1v) is 8.95. The zero-order valence-corrected chi connectivity index (χ0v) is 16.1. The Balaban J connectivity index is 2.90. The molecule has 0 saturated heterocycles. The molecule has 0 aliphatic heterocycles. The van der Waals surface area contributed by atoms with E-state index in [1.165, 1.54) is 6.08 Å². The van der Waals surface area contributed by atoms with Gasteiger partial charge in [-0.25, -0.2) is 8.78 Å². The lowest BCUT2D eigenvalue weighted by Gasteiger charge is -2.18. The van der Waals surface area contributed by atoms with E-state index in [2.05, 4.69) is 17.0 Å². The second-order valence-corrected chi connectivity index (χ2v) is 5.97. The van der Waals surface area contributed by atoms with Gasteiger partial charge in [-0.2, -0.15) is 4.39 Å². The van der Waals surface area contributed by atoms with Gasteiger partial charge in [-0.3, -0.25) is 14.6 Å². The van der Waals surface area contributed by atoms with Gasteiger partial charge in [0.15, 0.2) is 23.2 Å². The molecule has 0 heterocycles. The van der Waals surface area contributed by atoms with Crippen LogP contribution in [0.1, 0.15) is 26.2 Å². The SMILES string of the molecule is C=N/C(=C\C=C/C)C(=O)NC(CCCCN)C(=O)COc1c(F)ccc(F)c1F. The predicted octanol–water partition coefficient (Wildman–Crippen LogP) is 2.83. The van der Waals surface area contributed by atoms with E-state index in [0.29, 0.717) is 31.5 Å². The molecular weight excluding hydrogens is 387 g/mol. The number of halogens is 3. The fourth-order valence-electron chi connectivity index (χ4n) is 2.31. The molecule has 9 heteroatoms. The first kappa shape index (κ1) is 24.1. The van der Waals surface area contributed by atoms with E-state index in [9.17, 15) is 22.8 Å². The minimum absolute atomic E-state index is 0.0112. The van der Waals surface area contributed by atoms with Crippen LogP contribution in [0.25, 0.3) is 0 Å². The van der Waals surface area contributed by atoms with Crippen LogP contribution in [0.3, 0.4) is 0 Å². The fraction of sp³-hybridized carbons (Fsp3) is 0.350. The maximum atomic E-state index is 13.7. The minimum Gasteiger partial charge on any atom is -0.480 e. The molecule has 0 spiro atoms. The molecular formula is C20H24F3N3O3. The number of nitrogens with zero attached hydrogens (tertiary/aromatic N) is 1. The van der Waals surface area contributed by atoms with E-state index in [4.69, 9.17) is 10.5 Å². The molecule has 1 amide bonds. The number of carbonyl (C=O) groups excluding carboxylic acids is 2. The highest BCUT2D eigenvalue weighted by Crippen LogP contribution is 2.23. The number of ketones is 1. The van der Waals surface area contributed by atoms with E-state index in [-0.39, 0.29) is 12.1 Å². The van der Waals surface area contributed by atoms with E-state index in [1.54, 1.807) is 19.1 Å². The fourth-order valence-corrected chi connectivity index (χ4v) is 2.31. The van der Waals surface area contributed by atoms with Crippen molar-refractivity contribution in [2.75, 3.05) is 13.2 Å². The van der Waals surface area contributed by atoms with Crippen LogP contribution in [0.15, 0.2) is 41.1 Å². The van der Waals surface area contributed by atoms with Gasteiger partial charge in [-0.15, -0.1) is 0 Å². The summed E-state index contributed by atoms with van der Waals surface area (Å²) in [7, 11) is 0. The highest BCUT2D eigenvalue weighted by Gasteiger charge is 2.24. The summed E-state index contributed by atoms with van der Waals surface area (Å²) >= 11 is 0. The number of nitrogens with one attached hydrogen (secondary N) is 1. The number of ether oxygens (including phenoxy) is 1. The Hall–Kier alpha value is -2.94. The first-order valence-electron chi connectivity index (χ1n) is 8.95. The molecule has 1 aromatic carbocycles. The number of nitrogens with two attached hydrogens (primary N) is 1. The summed E-state index contributed by atoms with van der Waals surface area (Å²) in [5.74, 6) is -6.27. The average Bonchev–Trinajstić information content (AvgIpc) is 2.70. The molecule has 3 N–H and O–H groups in total. The number of rotatable bonds is 12. The molecule has 6 nitrogen and oxygen atoms in total. The lowest BCUT2D eigenvalue weighted by Crippen LogP contribution is -2.43. The zero-order chi connectivity index (χ0) is 21.8. The average molecular weight is 411 g/mol. The normalized spacial score (nSPS) is 12.7. The Morgan fingerprint density at radius 3 is 2.59 bits per heavy atom. The molecule has 0 bridgehead atoms. The number of Topliss-reactive ketones (excluding diaryl/α,β-unsaturated/α-hetero) is 1. The Morgan fingerprint density at radius 1 is 1.28 bits per heavy atom. The van der Waals surface area contributed by atoms with Gasteiger partial charge in [-0.1, -0.05) is 12.2 Å². The molecule has 29 heavy (non-hydrogen) atoms. The van der Waals surface area contributed by atoms with Crippen molar-refractivity contribution in [3.05, 3.63) is 53.5 Å². The molecule has 158 valence electrons. The summed E-state index contributed by atoms with van der Waals surface area (Å²) < 4.78 is 45.4. The lowest BCUT2D eigenvalue weighted by molar-refractivity contribution is -0.127. The van der Waals surface area contributed by atoms with Crippen LogP contribution in [-0.2, 0) is 9.59 Å². The molecule has 1 atom stereocenters. The van der Waals surface area contributed by atoms with Crippen molar-refractivity contribution in [2.45, 2.75) is 32.2 Å². The number of carbonyl (C=O) groups is 2. The Morgan fingerprint density at radius 2 is 1.97 bits per heavy atom. The van der Waals surface area contributed by atoms with Gasteiger partial charge in [0.1, 0.15) is 12.3 Å². The summed E-state index contributed by atoms with van der Waals surface area (Å²) in [6.07, 6.45) is 6.02. The summed E-state index contributed by atoms with van der Waals surface area (Å²) in [4.78, 5) is 28.4. The highest BCUT2D eigenvalue weighted by molar-refractivity contribution is 5.98. The van der Waals surface area contributed by atoms with Gasteiger partial charge < -0.3 is 15.8 Å². The Bertz CT molecular complexity index is 795. The Labute approximate surface area is 167 Å². The van der Waals surface area contributed by atoms with Crippen molar-refractivity contribution in [3.8, 4) is 5.75 Å². The molecule has 0 aliphatic rings. The minimum atomic E-state index is -1.53. The second-order valence-electron chi connectivity index (χ2n) is 5.97. The highest BCUT2D eigenvalue weighted by atomic mass is 19.2. The zero-order valence-electron chi connectivity index (χ0n) is 16.1. The lowest BCUT2D eigenvalue weighted by atomic mass is 10.1. The van der Waals surface area contributed by atoms with Crippen LogP contribution in [0.4, 0.5) is 13.2 Å². The number of hydrogen-bond donors (Lipinski definition) is 2. The molecule has 0 fully saturated rings. The van der Waals surface area contributed by atoms with Crippen molar-refractivity contribution in [1.82, 2.24) is 5.32 Å². The van der Waals surface area contributed by atoms with Crippen molar-refractivity contribution in [1.29, 1.82) is 0 Å². The molecule has 1 rings (SSSR count). The molecule has 0 aliphatic carbocycles. The standard InChI is InChI=1S/C20H24F3N3O3/c1-3-4-7-16(25-2)20(28)26-15(8-5-6-11-24)17(27)12-29-19-14(22)10-9-13(21)18(19)23/h3-4,7,9-10,15H,2,5-6,8,11-12,24H2,1H3,(H,26,28)/b4-3-,16-7-. The van der Waals surface area contributed by atoms with E-state index >= 15 is 0 Å². The van der Waals surface area contributed by atoms with Gasteiger partial charge in [0.2, 0.25) is 5.82 Å². The van der Waals surface area contributed by atoms with Crippen molar-refractivity contribution in [2.24, 2.45) is 10.7 Å². The van der Waals surface area contributed by atoms with E-state index in [1.807, 2.05) is 0 Å². The summed E-state index contributed by atoms with van der Waals surface area (Å²) in [5.41, 5.74) is 5.43. The monoisotopic (exact) mass is 411 g/mol. The number of allylic oxidation sites excluding steroid dienone is 3. The van der Waals surface area contributed by atoms with Crippen LogP contribution >= 0.6 is 0 Å². The van der Waals surface area contributed by atoms with Crippen molar-refractivity contribution in [3.63, 3.8) is 0 Å². The van der Waals surface area contributed by atoms with Gasteiger partial charge in [-0.05, 0) is 57.7 Å². The molecule has 1 unspecified atom stereocenters.